The Morgan fingerprint density at radius 1 is 1.15 bits per heavy atom. The van der Waals surface area contributed by atoms with E-state index in [1.807, 2.05) is 32.2 Å². The molecular formula is C19H22FN5O. The van der Waals surface area contributed by atoms with E-state index in [1.165, 1.54) is 12.1 Å². The molecule has 2 aromatic heterocycles. The van der Waals surface area contributed by atoms with E-state index in [0.29, 0.717) is 30.4 Å². The fourth-order valence-electron chi connectivity index (χ4n) is 2.59. The van der Waals surface area contributed by atoms with E-state index in [1.54, 1.807) is 23.9 Å². The van der Waals surface area contributed by atoms with Crippen molar-refractivity contribution < 1.29 is 9.13 Å². The van der Waals surface area contributed by atoms with Gasteiger partial charge in [-0.05, 0) is 38.2 Å². The number of halogens is 1. The van der Waals surface area contributed by atoms with Crippen LogP contribution in [0.2, 0.25) is 0 Å². The molecule has 0 aliphatic rings. The minimum atomic E-state index is -0.314. The third-order valence-electron chi connectivity index (χ3n) is 3.94. The number of nitrogens with zero attached hydrogens (tertiary/aromatic N) is 5. The first-order valence-electron chi connectivity index (χ1n) is 8.40. The first-order chi connectivity index (χ1) is 12.6. The van der Waals surface area contributed by atoms with Crippen LogP contribution in [0.1, 0.15) is 11.5 Å². The molecule has 0 N–H and O–H groups in total. The molecule has 0 aliphatic carbocycles. The fourth-order valence-corrected chi connectivity index (χ4v) is 2.59. The second-order valence-electron chi connectivity index (χ2n) is 6.14. The zero-order valence-corrected chi connectivity index (χ0v) is 15.2. The van der Waals surface area contributed by atoms with E-state index in [4.69, 9.17) is 4.74 Å². The summed E-state index contributed by atoms with van der Waals surface area (Å²) in [5.41, 5.74) is 1.53. The van der Waals surface area contributed by atoms with Crippen molar-refractivity contribution in [1.82, 2.24) is 24.6 Å². The summed E-state index contributed by atoms with van der Waals surface area (Å²) in [6, 6.07) is 12.0. The molecule has 0 radical (unpaired) electrons. The normalized spacial score (nSPS) is 11.3. The first-order valence-corrected chi connectivity index (χ1v) is 8.40. The molecule has 7 heteroatoms. The summed E-state index contributed by atoms with van der Waals surface area (Å²) >= 11 is 0. The summed E-state index contributed by atoms with van der Waals surface area (Å²) in [6.45, 7) is 3.89. The monoisotopic (exact) mass is 355 g/mol. The van der Waals surface area contributed by atoms with Crippen LogP contribution in [0.5, 0.6) is 0 Å². The number of hydrogen-bond donors (Lipinski definition) is 0. The highest BCUT2D eigenvalue weighted by atomic mass is 19.1. The van der Waals surface area contributed by atoms with Crippen LogP contribution < -0.4 is 0 Å². The molecule has 0 saturated carbocycles. The van der Waals surface area contributed by atoms with Crippen molar-refractivity contribution in [1.29, 1.82) is 0 Å². The van der Waals surface area contributed by atoms with E-state index in [2.05, 4.69) is 20.0 Å². The maximum atomic E-state index is 13.6. The van der Waals surface area contributed by atoms with Crippen LogP contribution in [0.3, 0.4) is 0 Å². The molecule has 0 atom stereocenters. The van der Waals surface area contributed by atoms with Gasteiger partial charge in [-0.1, -0.05) is 18.2 Å². The topological polar surface area (TPSA) is 56.1 Å². The smallest absolute Gasteiger partial charge is 0.182 e. The number of benzene rings is 1. The van der Waals surface area contributed by atoms with Gasteiger partial charge in [-0.3, -0.25) is 4.90 Å². The molecule has 6 nitrogen and oxygen atoms in total. The van der Waals surface area contributed by atoms with Crippen molar-refractivity contribution in [2.45, 2.75) is 13.5 Å². The van der Waals surface area contributed by atoms with Crippen molar-refractivity contribution >= 4 is 0 Å². The molecule has 0 amide bonds. The summed E-state index contributed by atoms with van der Waals surface area (Å²) < 4.78 is 20.4. The second kappa shape index (κ2) is 8.16. The SMILES string of the molecule is COCCN(C)Cc1nc(-c2cccc(F)c2)nn1-c1cccc(C)n1. The predicted molar refractivity (Wildman–Crippen MR) is 97.5 cm³/mol. The number of likely N-dealkylation sites (N-methyl/N-ethyl adjacent to an activating group) is 1. The van der Waals surface area contributed by atoms with Gasteiger partial charge in [0, 0.05) is 24.9 Å². The van der Waals surface area contributed by atoms with Gasteiger partial charge in [0.1, 0.15) is 11.6 Å². The Morgan fingerprint density at radius 2 is 1.96 bits per heavy atom. The molecule has 2 heterocycles. The van der Waals surface area contributed by atoms with Gasteiger partial charge in [-0.2, -0.15) is 4.68 Å². The molecule has 3 rings (SSSR count). The van der Waals surface area contributed by atoms with E-state index < -0.39 is 0 Å². The average Bonchev–Trinajstić information content (AvgIpc) is 3.04. The highest BCUT2D eigenvalue weighted by molar-refractivity contribution is 5.54. The molecule has 3 aromatic rings. The van der Waals surface area contributed by atoms with Gasteiger partial charge in [0.05, 0.1) is 13.2 Å². The average molecular weight is 355 g/mol. The van der Waals surface area contributed by atoms with Gasteiger partial charge in [0.25, 0.3) is 0 Å². The van der Waals surface area contributed by atoms with Crippen molar-refractivity contribution in [3.8, 4) is 17.2 Å². The largest absolute Gasteiger partial charge is 0.383 e. The Morgan fingerprint density at radius 3 is 2.69 bits per heavy atom. The lowest BCUT2D eigenvalue weighted by atomic mass is 10.2. The van der Waals surface area contributed by atoms with Crippen LogP contribution in [-0.4, -0.2) is 52.0 Å². The Hall–Kier alpha value is -2.64. The number of rotatable bonds is 7. The van der Waals surface area contributed by atoms with Crippen LogP contribution in [0.25, 0.3) is 17.2 Å². The zero-order chi connectivity index (χ0) is 18.5. The fraction of sp³-hybridized carbons (Fsp3) is 0.316. The van der Waals surface area contributed by atoms with Gasteiger partial charge in [-0.15, -0.1) is 5.10 Å². The summed E-state index contributed by atoms with van der Waals surface area (Å²) in [6.07, 6.45) is 0. The van der Waals surface area contributed by atoms with Crippen LogP contribution in [0.4, 0.5) is 4.39 Å². The quantitative estimate of drug-likeness (QED) is 0.652. The number of pyridine rings is 1. The number of ether oxygens (including phenoxy) is 1. The minimum Gasteiger partial charge on any atom is -0.383 e. The third kappa shape index (κ3) is 4.30. The van der Waals surface area contributed by atoms with Crippen LogP contribution in [0, 0.1) is 12.7 Å². The van der Waals surface area contributed by atoms with Gasteiger partial charge in [0.2, 0.25) is 0 Å². The highest BCUT2D eigenvalue weighted by Crippen LogP contribution is 2.19. The van der Waals surface area contributed by atoms with Gasteiger partial charge in [-0.25, -0.2) is 14.4 Å². The summed E-state index contributed by atoms with van der Waals surface area (Å²) in [7, 11) is 3.67. The molecule has 136 valence electrons. The molecule has 0 saturated heterocycles. The molecular weight excluding hydrogens is 333 g/mol. The maximum Gasteiger partial charge on any atom is 0.182 e. The first kappa shape index (κ1) is 18.2. The number of hydrogen-bond acceptors (Lipinski definition) is 5. The maximum absolute atomic E-state index is 13.6. The van der Waals surface area contributed by atoms with Crippen molar-refractivity contribution in [3.05, 3.63) is 59.8 Å². The molecule has 0 aliphatic heterocycles. The van der Waals surface area contributed by atoms with E-state index in [-0.39, 0.29) is 5.82 Å². The second-order valence-corrected chi connectivity index (χ2v) is 6.14. The number of aryl methyl sites for hydroxylation is 1. The van der Waals surface area contributed by atoms with E-state index in [9.17, 15) is 4.39 Å². The highest BCUT2D eigenvalue weighted by Gasteiger charge is 2.16. The minimum absolute atomic E-state index is 0.314. The van der Waals surface area contributed by atoms with Crippen LogP contribution >= 0.6 is 0 Å². The third-order valence-corrected chi connectivity index (χ3v) is 3.94. The molecule has 26 heavy (non-hydrogen) atoms. The van der Waals surface area contributed by atoms with Crippen LogP contribution in [0.15, 0.2) is 42.5 Å². The Kier molecular flexibility index (Phi) is 5.70. The summed E-state index contributed by atoms with van der Waals surface area (Å²) in [5.74, 6) is 1.59. The summed E-state index contributed by atoms with van der Waals surface area (Å²) in [4.78, 5) is 11.3. The Labute approximate surface area is 152 Å². The molecule has 0 bridgehead atoms. The van der Waals surface area contributed by atoms with Crippen LogP contribution in [-0.2, 0) is 11.3 Å². The van der Waals surface area contributed by atoms with E-state index >= 15 is 0 Å². The van der Waals surface area contributed by atoms with Gasteiger partial charge in [0.15, 0.2) is 11.6 Å². The lowest BCUT2D eigenvalue weighted by Gasteiger charge is -2.15. The predicted octanol–water partition coefficient (Wildman–Crippen LogP) is 2.86. The molecule has 0 spiro atoms. The Bertz CT molecular complexity index is 880. The lowest BCUT2D eigenvalue weighted by Crippen LogP contribution is -2.24. The van der Waals surface area contributed by atoms with Crippen molar-refractivity contribution in [2.75, 3.05) is 27.3 Å². The van der Waals surface area contributed by atoms with Crippen molar-refractivity contribution in [3.63, 3.8) is 0 Å². The van der Waals surface area contributed by atoms with Gasteiger partial charge < -0.3 is 4.74 Å². The standard InChI is InChI=1S/C19H22FN5O/c1-14-6-4-9-17(21-14)25-18(13-24(2)10-11-26-3)22-19(23-25)15-7-5-8-16(20)12-15/h4-9,12H,10-11,13H2,1-3H3. The number of aromatic nitrogens is 4. The van der Waals surface area contributed by atoms with Gasteiger partial charge >= 0.3 is 0 Å². The number of methoxy groups -OCH3 is 1. The molecule has 0 fully saturated rings. The molecule has 1 aromatic carbocycles. The van der Waals surface area contributed by atoms with Crippen molar-refractivity contribution in [2.24, 2.45) is 0 Å². The van der Waals surface area contributed by atoms with E-state index in [0.717, 1.165) is 18.1 Å². The zero-order valence-electron chi connectivity index (χ0n) is 15.2. The molecule has 0 unspecified atom stereocenters. The Balaban J connectivity index is 1.99. The summed E-state index contributed by atoms with van der Waals surface area (Å²) in [5, 5.41) is 4.58. The lowest BCUT2D eigenvalue weighted by molar-refractivity contribution is 0.157.